The molecule has 1 heterocycles. The van der Waals surface area contributed by atoms with Crippen molar-refractivity contribution in [2.75, 3.05) is 13.7 Å². The molecule has 188 valence electrons. The highest BCUT2D eigenvalue weighted by atomic mass is 19.1. The van der Waals surface area contributed by atoms with Crippen molar-refractivity contribution in [1.82, 2.24) is 10.3 Å². The molecule has 11 nitrogen and oxygen atoms in total. The lowest BCUT2D eigenvalue weighted by molar-refractivity contribution is -0.385. The van der Waals surface area contributed by atoms with Gasteiger partial charge in [-0.2, -0.15) is 0 Å². The van der Waals surface area contributed by atoms with Crippen LogP contribution in [-0.2, 0) is 16.1 Å². The van der Waals surface area contributed by atoms with E-state index >= 15 is 0 Å². The summed E-state index contributed by atoms with van der Waals surface area (Å²) in [6.07, 6.45) is -0.167. The van der Waals surface area contributed by atoms with E-state index in [2.05, 4.69) is 10.3 Å². The number of ether oxygens (including phenoxy) is 3. The van der Waals surface area contributed by atoms with E-state index in [1.54, 1.807) is 19.1 Å². The van der Waals surface area contributed by atoms with Crippen molar-refractivity contribution in [3.63, 3.8) is 0 Å². The summed E-state index contributed by atoms with van der Waals surface area (Å²) >= 11 is 0. The van der Waals surface area contributed by atoms with Gasteiger partial charge in [0.05, 0.1) is 12.0 Å². The summed E-state index contributed by atoms with van der Waals surface area (Å²) in [7, 11) is 1.41. The summed E-state index contributed by atoms with van der Waals surface area (Å²) in [6.45, 7) is 1.81. The second-order valence-electron chi connectivity index (χ2n) is 7.39. The number of amidine groups is 1. The predicted molar refractivity (Wildman–Crippen MR) is 128 cm³/mol. The zero-order chi connectivity index (χ0) is 26.2. The van der Waals surface area contributed by atoms with Gasteiger partial charge >= 0.3 is 0 Å². The van der Waals surface area contributed by atoms with Crippen molar-refractivity contribution in [3.05, 3.63) is 87.3 Å². The van der Waals surface area contributed by atoms with Crippen molar-refractivity contribution in [2.45, 2.75) is 19.6 Å². The summed E-state index contributed by atoms with van der Waals surface area (Å²) in [6, 6.07) is 11.3. The average Bonchev–Trinajstić information content (AvgIpc) is 2.86. The minimum absolute atomic E-state index is 0.0410. The molecule has 0 saturated carbocycles. The van der Waals surface area contributed by atoms with Crippen molar-refractivity contribution in [3.8, 4) is 17.4 Å². The molecule has 2 aromatic carbocycles. The van der Waals surface area contributed by atoms with Gasteiger partial charge in [-0.3, -0.25) is 20.3 Å². The molecule has 0 spiro atoms. The lowest BCUT2D eigenvalue weighted by Gasteiger charge is -2.19. The molecule has 3 aromatic rings. The van der Waals surface area contributed by atoms with Gasteiger partial charge in [0, 0.05) is 48.0 Å². The number of nitrogens with zero attached hydrogens (tertiary/aromatic N) is 2. The number of nitro groups is 1. The Labute approximate surface area is 205 Å². The maximum Gasteiger partial charge on any atom is 0.287 e. The number of hydrogen-bond donors (Lipinski definition) is 3. The topological polar surface area (TPSA) is 163 Å². The van der Waals surface area contributed by atoms with Crippen LogP contribution in [0.4, 0.5) is 10.1 Å². The van der Waals surface area contributed by atoms with E-state index in [4.69, 9.17) is 25.4 Å². The number of rotatable bonds is 11. The number of hydrogen-bond acceptors (Lipinski definition) is 8. The van der Waals surface area contributed by atoms with Crippen LogP contribution >= 0.6 is 0 Å². The van der Waals surface area contributed by atoms with E-state index < -0.39 is 22.8 Å². The van der Waals surface area contributed by atoms with E-state index in [0.29, 0.717) is 16.9 Å². The second kappa shape index (κ2) is 11.7. The van der Waals surface area contributed by atoms with Gasteiger partial charge in [-0.25, -0.2) is 9.37 Å². The number of amides is 1. The molecular formula is C24H24FN5O6. The van der Waals surface area contributed by atoms with Gasteiger partial charge in [-0.05, 0) is 25.1 Å². The highest BCUT2D eigenvalue weighted by Gasteiger charge is 2.25. The number of nitrogen functional groups attached to an aromatic ring is 1. The zero-order valence-corrected chi connectivity index (χ0v) is 19.5. The molecule has 0 aliphatic heterocycles. The number of pyridine rings is 1. The first kappa shape index (κ1) is 26.0. The Balaban J connectivity index is 1.83. The lowest BCUT2D eigenvalue weighted by atomic mass is 10.1. The summed E-state index contributed by atoms with van der Waals surface area (Å²) in [5, 5.41) is 21.2. The van der Waals surface area contributed by atoms with Crippen LogP contribution < -0.4 is 20.5 Å². The first-order chi connectivity index (χ1) is 17.2. The minimum atomic E-state index is -1.21. The maximum absolute atomic E-state index is 14.6. The van der Waals surface area contributed by atoms with E-state index in [-0.39, 0.29) is 41.9 Å². The molecule has 1 amide bonds. The molecule has 12 heteroatoms. The normalized spacial score (nSPS) is 11.4. The molecule has 0 saturated heterocycles. The van der Waals surface area contributed by atoms with Crippen molar-refractivity contribution in [2.24, 2.45) is 5.73 Å². The SMILES string of the molecule is CCO[C@H](C(=O)NCc1ccc(C(=N)N)cc1Oc1ccc([N+](=O)[O-])cn1)c1ccc(OC)cc1F. The molecule has 36 heavy (non-hydrogen) atoms. The Morgan fingerprint density at radius 1 is 1.25 bits per heavy atom. The highest BCUT2D eigenvalue weighted by molar-refractivity contribution is 5.95. The number of aromatic nitrogens is 1. The van der Waals surface area contributed by atoms with E-state index in [9.17, 15) is 19.3 Å². The number of carbonyl (C=O) groups is 1. The molecule has 0 radical (unpaired) electrons. The number of nitrogens with one attached hydrogen (secondary N) is 2. The molecule has 4 N–H and O–H groups in total. The van der Waals surface area contributed by atoms with Crippen molar-refractivity contribution >= 4 is 17.4 Å². The summed E-state index contributed by atoms with van der Waals surface area (Å²) in [5.41, 5.74) is 6.26. The van der Waals surface area contributed by atoms with Crippen LogP contribution in [-0.4, -0.2) is 35.4 Å². The third-order valence-electron chi connectivity index (χ3n) is 5.04. The average molecular weight is 497 g/mol. The number of carbonyl (C=O) groups excluding carboxylic acids is 1. The smallest absolute Gasteiger partial charge is 0.287 e. The van der Waals surface area contributed by atoms with E-state index in [1.807, 2.05) is 0 Å². The number of nitrogens with two attached hydrogens (primary N) is 1. The molecule has 1 aromatic heterocycles. The first-order valence-electron chi connectivity index (χ1n) is 10.7. The lowest BCUT2D eigenvalue weighted by Crippen LogP contribution is -2.31. The van der Waals surface area contributed by atoms with E-state index in [1.165, 1.54) is 37.4 Å². The van der Waals surface area contributed by atoms with Crippen LogP contribution in [0.15, 0.2) is 54.7 Å². The Hall–Kier alpha value is -4.58. The molecule has 3 rings (SSSR count). The quantitative estimate of drug-likeness (QED) is 0.157. The first-order valence-corrected chi connectivity index (χ1v) is 10.7. The third kappa shape index (κ3) is 6.30. The fourth-order valence-electron chi connectivity index (χ4n) is 3.21. The number of benzene rings is 2. The molecule has 0 bridgehead atoms. The van der Waals surface area contributed by atoms with Gasteiger partial charge in [0.2, 0.25) is 5.88 Å². The van der Waals surface area contributed by atoms with Gasteiger partial charge in [0.15, 0.2) is 6.10 Å². The van der Waals surface area contributed by atoms with Crippen LogP contribution in [0.1, 0.15) is 29.7 Å². The molecule has 0 unspecified atom stereocenters. The molecular weight excluding hydrogens is 473 g/mol. The second-order valence-corrected chi connectivity index (χ2v) is 7.39. The summed E-state index contributed by atoms with van der Waals surface area (Å²) in [4.78, 5) is 27.1. The molecule has 1 atom stereocenters. The predicted octanol–water partition coefficient (Wildman–Crippen LogP) is 3.61. The highest BCUT2D eigenvalue weighted by Crippen LogP contribution is 2.28. The fraction of sp³-hybridized carbons (Fsp3) is 0.208. The summed E-state index contributed by atoms with van der Waals surface area (Å²) in [5.74, 6) is -0.870. The fourth-order valence-corrected chi connectivity index (χ4v) is 3.21. The van der Waals surface area contributed by atoms with Crippen LogP contribution in [0.3, 0.4) is 0 Å². The minimum Gasteiger partial charge on any atom is -0.497 e. The molecule has 0 aliphatic carbocycles. The zero-order valence-electron chi connectivity index (χ0n) is 19.5. The monoisotopic (exact) mass is 497 g/mol. The van der Waals surface area contributed by atoms with E-state index in [0.717, 1.165) is 12.3 Å². The van der Waals surface area contributed by atoms with Crippen molar-refractivity contribution < 1.29 is 28.3 Å². The van der Waals surface area contributed by atoms with Crippen LogP contribution in [0.5, 0.6) is 17.4 Å². The summed E-state index contributed by atoms with van der Waals surface area (Å²) < 4.78 is 30.9. The van der Waals surface area contributed by atoms with Crippen LogP contribution in [0, 0.1) is 21.3 Å². The Kier molecular flexibility index (Phi) is 8.47. The van der Waals surface area contributed by atoms with Crippen molar-refractivity contribution in [1.29, 1.82) is 5.41 Å². The maximum atomic E-state index is 14.6. The van der Waals surface area contributed by atoms with Gasteiger partial charge in [-0.15, -0.1) is 0 Å². The van der Waals surface area contributed by atoms with Gasteiger partial charge < -0.3 is 25.3 Å². The Morgan fingerprint density at radius 2 is 2.03 bits per heavy atom. The van der Waals surface area contributed by atoms with Crippen LogP contribution in [0.25, 0.3) is 0 Å². The molecule has 0 aliphatic rings. The van der Waals surface area contributed by atoms with Gasteiger partial charge in [0.1, 0.15) is 29.3 Å². The standard InChI is InChI=1S/C24H24FN5O6/c1-3-35-22(18-8-7-17(34-2)11-19(18)25)24(31)29-12-15-5-4-14(23(26)27)10-20(15)36-21-9-6-16(13-28-21)30(32)33/h4-11,13,22H,3,12H2,1-2H3,(H3,26,27)(H,29,31)/t22-/m0/s1. The Morgan fingerprint density at radius 3 is 2.61 bits per heavy atom. The van der Waals surface area contributed by atoms with Gasteiger partial charge in [0.25, 0.3) is 11.6 Å². The van der Waals surface area contributed by atoms with Gasteiger partial charge in [-0.1, -0.05) is 12.1 Å². The Bertz CT molecular complexity index is 1270. The van der Waals surface area contributed by atoms with Crippen LogP contribution in [0.2, 0.25) is 0 Å². The third-order valence-corrected chi connectivity index (χ3v) is 5.04. The number of halogens is 1. The molecule has 0 fully saturated rings. The largest absolute Gasteiger partial charge is 0.497 e. The number of methoxy groups -OCH3 is 1.